The molecule has 122 valence electrons. The van der Waals surface area contributed by atoms with Gasteiger partial charge < -0.3 is 15.4 Å². The van der Waals surface area contributed by atoms with Crippen molar-refractivity contribution in [3.8, 4) is 5.75 Å². The van der Waals surface area contributed by atoms with Gasteiger partial charge in [0.25, 0.3) is 0 Å². The third-order valence-electron chi connectivity index (χ3n) is 2.96. The minimum atomic E-state index is -2.85. The standard InChI is InChI=1S/C16H16F2N2O2S/c1-23-14-5-3-2-4-13(14)20-16(21)19-10-11-6-8-12(9-7-11)22-15(17)18/h2-9,15H,10H2,1H3,(H2,19,20,21). The fourth-order valence-electron chi connectivity index (χ4n) is 1.89. The van der Waals surface area contributed by atoms with Crippen molar-refractivity contribution < 1.29 is 18.3 Å². The molecule has 2 amide bonds. The molecular weight excluding hydrogens is 322 g/mol. The van der Waals surface area contributed by atoms with Crippen molar-refractivity contribution in [1.82, 2.24) is 5.32 Å². The SMILES string of the molecule is CSc1ccccc1NC(=O)NCc1ccc(OC(F)F)cc1. The summed E-state index contributed by atoms with van der Waals surface area (Å²) in [5.41, 5.74) is 1.51. The van der Waals surface area contributed by atoms with Crippen LogP contribution in [0.2, 0.25) is 0 Å². The second-order valence-electron chi connectivity index (χ2n) is 4.53. The van der Waals surface area contributed by atoms with Crippen LogP contribution in [0.15, 0.2) is 53.4 Å². The molecule has 0 aliphatic rings. The number of carbonyl (C=O) groups excluding carboxylic acids is 1. The van der Waals surface area contributed by atoms with Gasteiger partial charge in [0, 0.05) is 11.4 Å². The molecule has 4 nitrogen and oxygen atoms in total. The summed E-state index contributed by atoms with van der Waals surface area (Å²) in [5.74, 6) is 0.0853. The van der Waals surface area contributed by atoms with E-state index in [0.29, 0.717) is 0 Å². The highest BCUT2D eigenvalue weighted by atomic mass is 32.2. The van der Waals surface area contributed by atoms with Crippen LogP contribution in [-0.4, -0.2) is 18.9 Å². The van der Waals surface area contributed by atoms with Crippen molar-refractivity contribution >= 4 is 23.5 Å². The van der Waals surface area contributed by atoms with Gasteiger partial charge in [0.1, 0.15) is 5.75 Å². The molecule has 2 rings (SSSR count). The first-order chi connectivity index (χ1) is 11.1. The van der Waals surface area contributed by atoms with Crippen molar-refractivity contribution in [3.05, 3.63) is 54.1 Å². The molecule has 23 heavy (non-hydrogen) atoms. The molecule has 0 fully saturated rings. The van der Waals surface area contributed by atoms with Gasteiger partial charge in [0.2, 0.25) is 0 Å². The van der Waals surface area contributed by atoms with Crippen LogP contribution in [0.4, 0.5) is 19.3 Å². The van der Waals surface area contributed by atoms with Gasteiger partial charge in [-0.15, -0.1) is 11.8 Å². The summed E-state index contributed by atoms with van der Waals surface area (Å²) < 4.78 is 28.4. The van der Waals surface area contributed by atoms with Gasteiger partial charge in [-0.3, -0.25) is 0 Å². The number of alkyl halides is 2. The van der Waals surface area contributed by atoms with Gasteiger partial charge in [0.05, 0.1) is 5.69 Å². The topological polar surface area (TPSA) is 50.4 Å². The van der Waals surface area contributed by atoms with Crippen LogP contribution in [0.3, 0.4) is 0 Å². The Balaban J connectivity index is 1.86. The Kier molecular flexibility index (Phi) is 6.22. The molecule has 0 saturated heterocycles. The van der Waals surface area contributed by atoms with Gasteiger partial charge in [-0.1, -0.05) is 24.3 Å². The molecular formula is C16H16F2N2O2S. The Morgan fingerprint density at radius 2 is 1.87 bits per heavy atom. The number of nitrogens with one attached hydrogen (secondary N) is 2. The minimum absolute atomic E-state index is 0.0853. The number of amides is 2. The zero-order valence-electron chi connectivity index (χ0n) is 12.4. The van der Waals surface area contributed by atoms with Gasteiger partial charge in [-0.2, -0.15) is 8.78 Å². The largest absolute Gasteiger partial charge is 0.435 e. The van der Waals surface area contributed by atoms with E-state index in [1.54, 1.807) is 23.9 Å². The Bertz CT molecular complexity index is 651. The minimum Gasteiger partial charge on any atom is -0.435 e. The van der Waals surface area contributed by atoms with Crippen LogP contribution in [0.5, 0.6) is 5.75 Å². The highest BCUT2D eigenvalue weighted by Gasteiger charge is 2.06. The molecule has 0 bridgehead atoms. The van der Waals surface area contributed by atoms with E-state index in [9.17, 15) is 13.6 Å². The van der Waals surface area contributed by atoms with Crippen LogP contribution >= 0.6 is 11.8 Å². The maximum atomic E-state index is 12.1. The lowest BCUT2D eigenvalue weighted by atomic mass is 10.2. The average Bonchev–Trinajstić information content (AvgIpc) is 2.54. The normalized spacial score (nSPS) is 10.4. The second kappa shape index (κ2) is 8.38. The monoisotopic (exact) mass is 338 g/mol. The van der Waals surface area contributed by atoms with Crippen LogP contribution in [-0.2, 0) is 6.54 Å². The smallest absolute Gasteiger partial charge is 0.387 e. The van der Waals surface area contributed by atoms with Gasteiger partial charge in [0.15, 0.2) is 0 Å². The first-order valence-electron chi connectivity index (χ1n) is 6.80. The number of benzene rings is 2. The number of hydrogen-bond acceptors (Lipinski definition) is 3. The maximum absolute atomic E-state index is 12.1. The second-order valence-corrected chi connectivity index (χ2v) is 5.38. The highest BCUT2D eigenvalue weighted by molar-refractivity contribution is 7.98. The maximum Gasteiger partial charge on any atom is 0.387 e. The van der Waals surface area contributed by atoms with Crippen LogP contribution < -0.4 is 15.4 Å². The Hall–Kier alpha value is -2.28. The number of rotatable bonds is 6. The number of urea groups is 1. The van der Waals surface area contributed by atoms with E-state index in [1.165, 1.54) is 12.1 Å². The summed E-state index contributed by atoms with van der Waals surface area (Å²) in [5, 5.41) is 5.49. The average molecular weight is 338 g/mol. The first-order valence-corrected chi connectivity index (χ1v) is 8.02. The van der Waals surface area contributed by atoms with Crippen molar-refractivity contribution in [1.29, 1.82) is 0 Å². The number of ether oxygens (including phenoxy) is 1. The molecule has 0 spiro atoms. The number of anilines is 1. The van der Waals surface area contributed by atoms with E-state index in [1.807, 2.05) is 30.5 Å². The third-order valence-corrected chi connectivity index (χ3v) is 3.75. The number of halogens is 2. The van der Waals surface area contributed by atoms with E-state index >= 15 is 0 Å². The van der Waals surface area contributed by atoms with Crippen LogP contribution in [0, 0.1) is 0 Å². The van der Waals surface area contributed by atoms with Crippen molar-refractivity contribution in [2.45, 2.75) is 18.1 Å². The molecule has 0 heterocycles. The zero-order valence-corrected chi connectivity index (χ0v) is 13.2. The molecule has 2 aromatic carbocycles. The predicted molar refractivity (Wildman–Crippen MR) is 87.2 cm³/mol. The molecule has 0 saturated carbocycles. The summed E-state index contributed by atoms with van der Waals surface area (Å²) in [6, 6.07) is 13.3. The molecule has 0 aliphatic carbocycles. The first kappa shape index (κ1) is 17.1. The zero-order chi connectivity index (χ0) is 16.7. The molecule has 0 unspecified atom stereocenters. The Morgan fingerprint density at radius 1 is 1.17 bits per heavy atom. The predicted octanol–water partition coefficient (Wildman–Crippen LogP) is 4.33. The molecule has 0 aliphatic heterocycles. The molecule has 0 radical (unpaired) electrons. The summed E-state index contributed by atoms with van der Waals surface area (Å²) in [4.78, 5) is 12.9. The van der Waals surface area contributed by atoms with E-state index in [2.05, 4.69) is 15.4 Å². The van der Waals surface area contributed by atoms with Gasteiger partial charge in [-0.25, -0.2) is 4.79 Å². The molecule has 2 aromatic rings. The summed E-state index contributed by atoms with van der Waals surface area (Å²) in [6.45, 7) is -2.57. The van der Waals surface area contributed by atoms with E-state index < -0.39 is 6.61 Å². The third kappa shape index (κ3) is 5.45. The van der Waals surface area contributed by atoms with Crippen LogP contribution in [0.25, 0.3) is 0 Å². The molecule has 0 atom stereocenters. The molecule has 7 heteroatoms. The van der Waals surface area contributed by atoms with Crippen molar-refractivity contribution in [3.63, 3.8) is 0 Å². The Morgan fingerprint density at radius 3 is 2.52 bits per heavy atom. The van der Waals surface area contributed by atoms with Crippen LogP contribution in [0.1, 0.15) is 5.56 Å². The Labute approximate surface area is 137 Å². The van der Waals surface area contributed by atoms with E-state index in [0.717, 1.165) is 16.1 Å². The number of hydrogen-bond donors (Lipinski definition) is 2. The van der Waals surface area contributed by atoms with E-state index in [4.69, 9.17) is 0 Å². The number of carbonyl (C=O) groups is 1. The lowest BCUT2D eigenvalue weighted by Crippen LogP contribution is -2.28. The number of para-hydroxylation sites is 1. The highest BCUT2D eigenvalue weighted by Crippen LogP contribution is 2.24. The lowest BCUT2D eigenvalue weighted by Gasteiger charge is -2.11. The van der Waals surface area contributed by atoms with Crippen molar-refractivity contribution in [2.75, 3.05) is 11.6 Å². The van der Waals surface area contributed by atoms with Gasteiger partial charge >= 0.3 is 12.6 Å². The quantitative estimate of drug-likeness (QED) is 0.771. The summed E-state index contributed by atoms with van der Waals surface area (Å²) in [7, 11) is 0. The summed E-state index contributed by atoms with van der Waals surface area (Å²) >= 11 is 1.54. The summed E-state index contributed by atoms with van der Waals surface area (Å²) in [6.07, 6.45) is 1.93. The molecule has 2 N–H and O–H groups in total. The van der Waals surface area contributed by atoms with Gasteiger partial charge in [-0.05, 0) is 36.1 Å². The van der Waals surface area contributed by atoms with Crippen molar-refractivity contribution in [2.24, 2.45) is 0 Å². The fourth-order valence-corrected chi connectivity index (χ4v) is 2.44. The molecule has 0 aromatic heterocycles. The van der Waals surface area contributed by atoms with E-state index in [-0.39, 0.29) is 18.3 Å². The number of thioether (sulfide) groups is 1. The lowest BCUT2D eigenvalue weighted by molar-refractivity contribution is -0.0498. The fraction of sp³-hybridized carbons (Fsp3) is 0.188.